The first-order valence-corrected chi connectivity index (χ1v) is 9.10. The molecular weight excluding hydrogens is 430 g/mol. The molecule has 0 radical (unpaired) electrons. The van der Waals surface area contributed by atoms with Gasteiger partial charge >= 0.3 is 0 Å². The number of halogens is 5. The lowest BCUT2D eigenvalue weighted by atomic mass is 10.3. The summed E-state index contributed by atoms with van der Waals surface area (Å²) in [6.45, 7) is 2.06. The first kappa shape index (κ1) is 21.7. The predicted molar refractivity (Wildman–Crippen MR) is 98.0 cm³/mol. The summed E-state index contributed by atoms with van der Waals surface area (Å²) < 4.78 is 65.6. The van der Waals surface area contributed by atoms with Crippen LogP contribution < -0.4 is 4.74 Å². The fourth-order valence-electron chi connectivity index (χ4n) is 2.69. The Morgan fingerprint density at radius 1 is 1.23 bits per heavy atom. The van der Waals surface area contributed by atoms with Crippen molar-refractivity contribution < 1.29 is 31.5 Å². The van der Waals surface area contributed by atoms with Gasteiger partial charge in [0.25, 0.3) is 5.91 Å². The first-order valence-electron chi connectivity index (χ1n) is 8.73. The van der Waals surface area contributed by atoms with Crippen LogP contribution in [0.15, 0.2) is 28.8 Å². The molecule has 6 nitrogen and oxygen atoms in total. The van der Waals surface area contributed by atoms with E-state index in [2.05, 4.69) is 5.10 Å². The van der Waals surface area contributed by atoms with Crippen LogP contribution in [0.2, 0.25) is 5.02 Å². The van der Waals surface area contributed by atoms with Gasteiger partial charge in [-0.25, -0.2) is 8.78 Å². The second kappa shape index (κ2) is 8.78. The lowest BCUT2D eigenvalue weighted by Crippen LogP contribution is -2.27. The fourth-order valence-corrected chi connectivity index (χ4v) is 2.89. The number of hydrogen-bond donors (Lipinski definition) is 0. The summed E-state index contributed by atoms with van der Waals surface area (Å²) in [6, 6.07) is 2.76. The highest BCUT2D eigenvalue weighted by Gasteiger charge is 2.22. The van der Waals surface area contributed by atoms with E-state index in [1.807, 2.05) is 6.92 Å². The monoisotopic (exact) mass is 445 g/mol. The van der Waals surface area contributed by atoms with Crippen LogP contribution in [0.1, 0.15) is 28.9 Å². The highest BCUT2D eigenvalue weighted by Crippen LogP contribution is 2.27. The molecule has 0 aliphatic rings. The van der Waals surface area contributed by atoms with Crippen LogP contribution in [0, 0.1) is 23.3 Å². The number of amides is 1. The number of ether oxygens (including phenoxy) is 1. The number of nitrogens with zero attached hydrogens (tertiary/aromatic N) is 3. The van der Waals surface area contributed by atoms with Crippen molar-refractivity contribution in [1.29, 1.82) is 0 Å². The molecule has 0 fully saturated rings. The molecule has 0 aliphatic carbocycles. The highest BCUT2D eigenvalue weighted by atomic mass is 35.5. The second-order valence-electron chi connectivity index (χ2n) is 6.27. The Labute approximate surface area is 173 Å². The van der Waals surface area contributed by atoms with Crippen LogP contribution >= 0.6 is 11.6 Å². The fraction of sp³-hybridized carbons (Fsp3) is 0.263. The molecule has 2 aromatic heterocycles. The smallest absolute Gasteiger partial charge is 0.289 e. The molecule has 2 heterocycles. The number of carbonyl (C=O) groups excluding carboxylic acids is 1. The van der Waals surface area contributed by atoms with E-state index in [9.17, 15) is 22.4 Å². The van der Waals surface area contributed by atoms with Crippen molar-refractivity contribution in [1.82, 2.24) is 14.7 Å². The third kappa shape index (κ3) is 4.28. The number of aryl methyl sites for hydroxylation is 1. The van der Waals surface area contributed by atoms with Gasteiger partial charge in [-0.05, 0) is 19.1 Å². The maximum Gasteiger partial charge on any atom is 0.289 e. The Hall–Kier alpha value is -3.01. The van der Waals surface area contributed by atoms with Crippen LogP contribution in [-0.4, -0.2) is 27.6 Å². The Kier molecular flexibility index (Phi) is 6.35. The second-order valence-corrected chi connectivity index (χ2v) is 6.68. The molecule has 3 aromatic rings. The average molecular weight is 446 g/mol. The number of aromatic nitrogens is 2. The maximum absolute atomic E-state index is 13.6. The molecule has 0 spiro atoms. The van der Waals surface area contributed by atoms with Crippen molar-refractivity contribution in [3.63, 3.8) is 0 Å². The standard InChI is InChI=1S/C19H16ClF4N3O3/c1-3-27-14(11(20)7-25-27)8-26(2)19(28)15-5-4-10(30-15)9-29-18-16(23)12(21)6-13(22)17(18)24/h4-7H,3,8-9H2,1-2H3. The zero-order valence-corrected chi connectivity index (χ0v) is 16.6. The third-order valence-corrected chi connectivity index (χ3v) is 4.55. The van der Waals surface area contributed by atoms with Gasteiger partial charge < -0.3 is 14.1 Å². The molecule has 0 atom stereocenters. The van der Waals surface area contributed by atoms with Crippen molar-refractivity contribution in [2.45, 2.75) is 26.6 Å². The summed E-state index contributed by atoms with van der Waals surface area (Å²) in [6.07, 6.45) is 1.48. The SMILES string of the molecule is CCn1ncc(Cl)c1CN(C)C(=O)c1ccc(COc2c(F)c(F)cc(F)c2F)o1. The van der Waals surface area contributed by atoms with Gasteiger partial charge in [-0.2, -0.15) is 13.9 Å². The molecule has 30 heavy (non-hydrogen) atoms. The molecule has 1 aromatic carbocycles. The zero-order chi connectivity index (χ0) is 22.0. The summed E-state index contributed by atoms with van der Waals surface area (Å²) in [5.74, 6) is -8.27. The number of furan rings is 1. The third-order valence-electron chi connectivity index (χ3n) is 4.23. The maximum atomic E-state index is 13.6. The molecule has 0 unspecified atom stereocenters. The van der Waals surface area contributed by atoms with Crippen molar-refractivity contribution in [2.75, 3.05) is 7.05 Å². The molecule has 0 aliphatic heterocycles. The molecular formula is C19H16ClF4N3O3. The topological polar surface area (TPSA) is 60.5 Å². The molecule has 11 heteroatoms. The molecule has 0 N–H and O–H groups in total. The zero-order valence-electron chi connectivity index (χ0n) is 15.9. The highest BCUT2D eigenvalue weighted by molar-refractivity contribution is 6.31. The minimum Gasteiger partial charge on any atom is -0.479 e. The Balaban J connectivity index is 1.69. The molecule has 0 saturated carbocycles. The van der Waals surface area contributed by atoms with Crippen molar-refractivity contribution in [3.8, 4) is 5.75 Å². The largest absolute Gasteiger partial charge is 0.479 e. The molecule has 0 bridgehead atoms. The van der Waals surface area contributed by atoms with Gasteiger partial charge in [-0.1, -0.05) is 11.6 Å². The van der Waals surface area contributed by atoms with Gasteiger partial charge in [0.15, 0.2) is 23.1 Å². The van der Waals surface area contributed by atoms with Gasteiger partial charge in [0.2, 0.25) is 11.6 Å². The van der Waals surface area contributed by atoms with Crippen LogP contribution in [0.3, 0.4) is 0 Å². The van der Waals surface area contributed by atoms with Gasteiger partial charge in [0.1, 0.15) is 12.4 Å². The Morgan fingerprint density at radius 2 is 1.90 bits per heavy atom. The summed E-state index contributed by atoms with van der Waals surface area (Å²) in [4.78, 5) is 13.9. The van der Waals surface area contributed by atoms with Gasteiger partial charge in [0, 0.05) is 19.7 Å². The number of benzene rings is 1. The molecule has 0 saturated heterocycles. The summed E-state index contributed by atoms with van der Waals surface area (Å²) in [5, 5.41) is 4.51. The van der Waals surface area contributed by atoms with E-state index < -0.39 is 41.5 Å². The van der Waals surface area contributed by atoms with E-state index in [4.69, 9.17) is 20.8 Å². The van der Waals surface area contributed by atoms with Crippen molar-refractivity contribution >= 4 is 17.5 Å². The predicted octanol–water partition coefficient (Wildman–Crippen LogP) is 4.56. The van der Waals surface area contributed by atoms with E-state index in [-0.39, 0.29) is 24.1 Å². The van der Waals surface area contributed by atoms with Gasteiger partial charge in [0.05, 0.1) is 23.5 Å². The van der Waals surface area contributed by atoms with E-state index in [0.29, 0.717) is 17.3 Å². The number of rotatable bonds is 7. The first-order chi connectivity index (χ1) is 14.2. The van der Waals surface area contributed by atoms with Crippen molar-refractivity contribution in [2.24, 2.45) is 0 Å². The Morgan fingerprint density at radius 3 is 2.53 bits per heavy atom. The minimum atomic E-state index is -1.67. The lowest BCUT2D eigenvalue weighted by molar-refractivity contribution is 0.0745. The van der Waals surface area contributed by atoms with Gasteiger partial charge in [-0.3, -0.25) is 9.48 Å². The van der Waals surface area contributed by atoms with Crippen LogP contribution in [0.5, 0.6) is 5.75 Å². The lowest BCUT2D eigenvalue weighted by Gasteiger charge is -2.16. The van der Waals surface area contributed by atoms with E-state index in [1.165, 1.54) is 30.3 Å². The number of carbonyl (C=O) groups is 1. The summed E-state index contributed by atoms with van der Waals surface area (Å²) in [7, 11) is 1.53. The van der Waals surface area contributed by atoms with Crippen LogP contribution in [-0.2, 0) is 19.7 Å². The molecule has 1 amide bonds. The average Bonchev–Trinajstić information content (AvgIpc) is 3.33. The molecule has 3 rings (SSSR count). The normalized spacial score (nSPS) is 11.0. The minimum absolute atomic E-state index is 0.0202. The van der Waals surface area contributed by atoms with Crippen LogP contribution in [0.25, 0.3) is 0 Å². The quantitative estimate of drug-likeness (QED) is 0.395. The van der Waals surface area contributed by atoms with Gasteiger partial charge in [-0.15, -0.1) is 0 Å². The van der Waals surface area contributed by atoms with Crippen molar-refractivity contribution in [3.05, 3.63) is 69.9 Å². The summed E-state index contributed by atoms with van der Waals surface area (Å²) in [5.41, 5.74) is 0.643. The molecule has 160 valence electrons. The van der Waals surface area contributed by atoms with E-state index in [0.717, 1.165) is 0 Å². The number of hydrogen-bond acceptors (Lipinski definition) is 4. The van der Waals surface area contributed by atoms with E-state index in [1.54, 1.807) is 4.68 Å². The van der Waals surface area contributed by atoms with E-state index >= 15 is 0 Å². The Bertz CT molecular complexity index is 1060. The van der Waals surface area contributed by atoms with Crippen LogP contribution in [0.4, 0.5) is 17.6 Å². The summed E-state index contributed by atoms with van der Waals surface area (Å²) >= 11 is 6.09.